The summed E-state index contributed by atoms with van der Waals surface area (Å²) in [6.07, 6.45) is 0. The highest BCUT2D eigenvalue weighted by Gasteiger charge is 2.09. The van der Waals surface area contributed by atoms with Crippen LogP contribution in [0.15, 0.2) is 40.9 Å². The molecular weight excluding hydrogens is 314 g/mol. The maximum atomic E-state index is 5.33. The Labute approximate surface area is 129 Å². The van der Waals surface area contributed by atoms with Gasteiger partial charge < -0.3 is 10.1 Å². The molecule has 0 aromatic heterocycles. The first-order chi connectivity index (χ1) is 9.51. The topological polar surface area (TPSA) is 21.3 Å². The summed E-state index contributed by atoms with van der Waals surface area (Å²) >= 11 is 3.47. The number of nitrogens with one attached hydrogen (secondary N) is 1. The quantitative estimate of drug-likeness (QED) is 0.825. The van der Waals surface area contributed by atoms with E-state index in [-0.39, 0.29) is 6.04 Å². The SMILES string of the molecule is COc1cc(NC(C)c2ccc(C)cc2C)ccc1Br. The van der Waals surface area contributed by atoms with Crippen LogP contribution in [0.5, 0.6) is 5.75 Å². The van der Waals surface area contributed by atoms with Crippen LogP contribution in [0, 0.1) is 13.8 Å². The highest BCUT2D eigenvalue weighted by atomic mass is 79.9. The molecule has 2 rings (SSSR count). The van der Waals surface area contributed by atoms with E-state index in [1.165, 1.54) is 16.7 Å². The number of aryl methyl sites for hydroxylation is 2. The van der Waals surface area contributed by atoms with E-state index in [2.05, 4.69) is 60.2 Å². The number of halogens is 1. The summed E-state index contributed by atoms with van der Waals surface area (Å²) in [6, 6.07) is 12.9. The molecule has 0 heterocycles. The molecule has 0 bridgehead atoms. The van der Waals surface area contributed by atoms with Gasteiger partial charge in [-0.3, -0.25) is 0 Å². The fourth-order valence-electron chi connectivity index (χ4n) is 2.39. The zero-order valence-corrected chi connectivity index (χ0v) is 13.9. The molecule has 0 fully saturated rings. The van der Waals surface area contributed by atoms with Crippen molar-refractivity contribution in [2.75, 3.05) is 12.4 Å². The molecule has 0 aliphatic carbocycles. The van der Waals surface area contributed by atoms with Gasteiger partial charge in [-0.15, -0.1) is 0 Å². The number of anilines is 1. The van der Waals surface area contributed by atoms with Gasteiger partial charge in [-0.25, -0.2) is 0 Å². The van der Waals surface area contributed by atoms with Crippen LogP contribution < -0.4 is 10.1 Å². The number of benzene rings is 2. The zero-order valence-electron chi connectivity index (χ0n) is 12.3. The lowest BCUT2D eigenvalue weighted by atomic mass is 10.00. The Bertz CT molecular complexity index is 610. The Balaban J connectivity index is 2.21. The van der Waals surface area contributed by atoms with Crippen molar-refractivity contribution in [3.8, 4) is 5.75 Å². The van der Waals surface area contributed by atoms with Crippen molar-refractivity contribution in [3.63, 3.8) is 0 Å². The van der Waals surface area contributed by atoms with Gasteiger partial charge >= 0.3 is 0 Å². The molecule has 2 aromatic rings. The van der Waals surface area contributed by atoms with Gasteiger partial charge in [0.05, 0.1) is 11.6 Å². The minimum atomic E-state index is 0.251. The third-order valence-electron chi connectivity index (χ3n) is 3.43. The van der Waals surface area contributed by atoms with Gasteiger partial charge in [-0.05, 0) is 60.0 Å². The summed E-state index contributed by atoms with van der Waals surface area (Å²) in [7, 11) is 1.68. The van der Waals surface area contributed by atoms with E-state index in [1.807, 2.05) is 18.2 Å². The first kappa shape index (κ1) is 14.9. The Morgan fingerprint density at radius 2 is 1.85 bits per heavy atom. The van der Waals surface area contributed by atoms with Crippen LogP contribution in [-0.4, -0.2) is 7.11 Å². The van der Waals surface area contributed by atoms with E-state index in [4.69, 9.17) is 4.74 Å². The Morgan fingerprint density at radius 3 is 2.50 bits per heavy atom. The van der Waals surface area contributed by atoms with Crippen molar-refractivity contribution in [1.29, 1.82) is 0 Å². The maximum absolute atomic E-state index is 5.33. The predicted octanol–water partition coefficient (Wildman–Crippen LogP) is 5.25. The van der Waals surface area contributed by atoms with E-state index in [0.29, 0.717) is 0 Å². The monoisotopic (exact) mass is 333 g/mol. The minimum absolute atomic E-state index is 0.251. The van der Waals surface area contributed by atoms with Gasteiger partial charge in [0.1, 0.15) is 5.75 Å². The lowest BCUT2D eigenvalue weighted by Crippen LogP contribution is -2.08. The molecule has 0 amide bonds. The van der Waals surface area contributed by atoms with Crippen LogP contribution in [0.3, 0.4) is 0 Å². The molecule has 0 spiro atoms. The third kappa shape index (κ3) is 3.34. The summed E-state index contributed by atoms with van der Waals surface area (Å²) in [5.41, 5.74) is 4.98. The van der Waals surface area contributed by atoms with E-state index in [1.54, 1.807) is 7.11 Å². The van der Waals surface area contributed by atoms with Crippen molar-refractivity contribution in [2.24, 2.45) is 0 Å². The standard InChI is InChI=1S/C17H20BrNO/c1-11-5-7-15(12(2)9-11)13(3)19-14-6-8-16(18)17(10-14)20-4/h5-10,13,19H,1-4H3. The van der Waals surface area contributed by atoms with Gasteiger partial charge in [0.25, 0.3) is 0 Å². The van der Waals surface area contributed by atoms with Crippen LogP contribution in [0.4, 0.5) is 5.69 Å². The largest absolute Gasteiger partial charge is 0.495 e. The molecular formula is C17H20BrNO. The molecule has 106 valence electrons. The van der Waals surface area contributed by atoms with E-state index >= 15 is 0 Å². The first-order valence-corrected chi connectivity index (χ1v) is 7.48. The van der Waals surface area contributed by atoms with Crippen molar-refractivity contribution in [1.82, 2.24) is 0 Å². The van der Waals surface area contributed by atoms with Crippen molar-refractivity contribution in [2.45, 2.75) is 26.8 Å². The highest BCUT2D eigenvalue weighted by molar-refractivity contribution is 9.10. The first-order valence-electron chi connectivity index (χ1n) is 6.68. The predicted molar refractivity (Wildman–Crippen MR) is 88.6 cm³/mol. The molecule has 1 atom stereocenters. The average Bonchev–Trinajstić information content (AvgIpc) is 2.40. The molecule has 2 aromatic carbocycles. The van der Waals surface area contributed by atoms with Gasteiger partial charge in [0.2, 0.25) is 0 Å². The summed E-state index contributed by atoms with van der Waals surface area (Å²) < 4.78 is 6.29. The Hall–Kier alpha value is -1.48. The lowest BCUT2D eigenvalue weighted by molar-refractivity contribution is 0.412. The number of hydrogen-bond acceptors (Lipinski definition) is 2. The van der Waals surface area contributed by atoms with E-state index in [0.717, 1.165) is 15.9 Å². The number of rotatable bonds is 4. The second-order valence-corrected chi connectivity index (χ2v) is 5.93. The molecule has 20 heavy (non-hydrogen) atoms. The van der Waals surface area contributed by atoms with Crippen LogP contribution in [0.2, 0.25) is 0 Å². The molecule has 3 heteroatoms. The van der Waals surface area contributed by atoms with Crippen LogP contribution in [0.25, 0.3) is 0 Å². The summed E-state index contributed by atoms with van der Waals surface area (Å²) in [4.78, 5) is 0. The fourth-order valence-corrected chi connectivity index (χ4v) is 2.80. The van der Waals surface area contributed by atoms with Gasteiger partial charge in [0, 0.05) is 17.8 Å². The van der Waals surface area contributed by atoms with Crippen LogP contribution in [-0.2, 0) is 0 Å². The summed E-state index contributed by atoms with van der Waals surface area (Å²) in [5, 5.41) is 3.52. The number of hydrogen-bond donors (Lipinski definition) is 1. The molecule has 0 saturated carbocycles. The van der Waals surface area contributed by atoms with Gasteiger partial charge in [-0.1, -0.05) is 23.8 Å². The average molecular weight is 334 g/mol. The molecule has 1 unspecified atom stereocenters. The second-order valence-electron chi connectivity index (χ2n) is 5.08. The Morgan fingerprint density at radius 1 is 1.10 bits per heavy atom. The molecule has 0 aliphatic rings. The van der Waals surface area contributed by atoms with Crippen molar-refractivity contribution in [3.05, 3.63) is 57.6 Å². The minimum Gasteiger partial charge on any atom is -0.495 e. The Kier molecular flexibility index (Phi) is 4.71. The third-order valence-corrected chi connectivity index (χ3v) is 4.08. The fraction of sp³-hybridized carbons (Fsp3) is 0.294. The lowest BCUT2D eigenvalue weighted by Gasteiger charge is -2.19. The van der Waals surface area contributed by atoms with E-state index in [9.17, 15) is 0 Å². The molecule has 1 N–H and O–H groups in total. The molecule has 0 saturated heterocycles. The summed E-state index contributed by atoms with van der Waals surface area (Å²) in [6.45, 7) is 6.45. The zero-order chi connectivity index (χ0) is 14.7. The molecule has 2 nitrogen and oxygen atoms in total. The maximum Gasteiger partial charge on any atom is 0.135 e. The molecule has 0 radical (unpaired) electrons. The van der Waals surface area contributed by atoms with Gasteiger partial charge in [-0.2, -0.15) is 0 Å². The van der Waals surface area contributed by atoms with Crippen molar-refractivity contribution < 1.29 is 4.74 Å². The second kappa shape index (κ2) is 6.31. The van der Waals surface area contributed by atoms with Crippen LogP contribution in [0.1, 0.15) is 29.7 Å². The van der Waals surface area contributed by atoms with E-state index < -0.39 is 0 Å². The summed E-state index contributed by atoms with van der Waals surface area (Å²) in [5.74, 6) is 0.836. The van der Waals surface area contributed by atoms with Crippen molar-refractivity contribution >= 4 is 21.6 Å². The highest BCUT2D eigenvalue weighted by Crippen LogP contribution is 2.30. The normalized spacial score (nSPS) is 12.1. The number of ether oxygens (including phenoxy) is 1. The van der Waals surface area contributed by atoms with Crippen LogP contribution >= 0.6 is 15.9 Å². The van der Waals surface area contributed by atoms with Gasteiger partial charge in [0.15, 0.2) is 0 Å². The number of methoxy groups -OCH3 is 1. The molecule has 0 aliphatic heterocycles. The smallest absolute Gasteiger partial charge is 0.135 e.